The maximum absolute atomic E-state index is 6.15. The molecular formula is C20H21N3OS. The van der Waals surface area contributed by atoms with Crippen LogP contribution in [0, 0.1) is 0 Å². The molecule has 1 aliphatic heterocycles. The maximum atomic E-state index is 6.15. The molecule has 4 nitrogen and oxygen atoms in total. The average Bonchev–Trinajstić information content (AvgIpc) is 3.11. The van der Waals surface area contributed by atoms with E-state index in [9.17, 15) is 0 Å². The van der Waals surface area contributed by atoms with E-state index >= 15 is 0 Å². The number of ether oxygens (including phenoxy) is 1. The molecule has 0 saturated heterocycles. The van der Waals surface area contributed by atoms with Crippen LogP contribution in [0.25, 0.3) is 10.6 Å². The molecule has 0 radical (unpaired) electrons. The Labute approximate surface area is 151 Å². The Morgan fingerprint density at radius 3 is 2.96 bits per heavy atom. The lowest BCUT2D eigenvalue weighted by atomic mass is 10.00. The number of benzene rings is 2. The zero-order chi connectivity index (χ0) is 17.2. The van der Waals surface area contributed by atoms with Crippen molar-refractivity contribution in [2.24, 2.45) is 0 Å². The summed E-state index contributed by atoms with van der Waals surface area (Å²) in [6, 6.07) is 14.2. The van der Waals surface area contributed by atoms with E-state index in [0.717, 1.165) is 53.6 Å². The molecule has 0 atom stereocenters. The molecular weight excluding hydrogens is 330 g/mol. The van der Waals surface area contributed by atoms with E-state index in [4.69, 9.17) is 15.5 Å². The summed E-state index contributed by atoms with van der Waals surface area (Å²) in [6.45, 7) is 1.85. The fourth-order valence-corrected chi connectivity index (χ4v) is 4.25. The highest BCUT2D eigenvalue weighted by atomic mass is 32.1. The number of nitrogen functional groups attached to an aromatic ring is 1. The molecule has 2 heterocycles. The number of anilines is 2. The summed E-state index contributed by atoms with van der Waals surface area (Å²) in [7, 11) is 1.70. The van der Waals surface area contributed by atoms with Gasteiger partial charge in [-0.25, -0.2) is 4.98 Å². The Morgan fingerprint density at radius 2 is 2.08 bits per heavy atom. The second-order valence-corrected chi connectivity index (χ2v) is 7.07. The van der Waals surface area contributed by atoms with Crippen LogP contribution in [0.5, 0.6) is 5.75 Å². The molecule has 2 N–H and O–H groups in total. The SMILES string of the molecule is COc1ccccc1-c1nc(CN2CCCc3c(N)cccc32)cs1. The molecule has 0 fully saturated rings. The van der Waals surface area contributed by atoms with E-state index in [1.54, 1.807) is 18.4 Å². The molecule has 4 rings (SSSR count). The first-order valence-electron chi connectivity index (χ1n) is 8.46. The second-order valence-electron chi connectivity index (χ2n) is 6.21. The number of aromatic nitrogens is 1. The van der Waals surface area contributed by atoms with Gasteiger partial charge in [0.05, 0.1) is 24.9 Å². The molecule has 0 saturated carbocycles. The van der Waals surface area contributed by atoms with Gasteiger partial charge >= 0.3 is 0 Å². The van der Waals surface area contributed by atoms with Crippen molar-refractivity contribution in [3.8, 4) is 16.3 Å². The van der Waals surface area contributed by atoms with Crippen molar-refractivity contribution in [1.29, 1.82) is 0 Å². The lowest BCUT2D eigenvalue weighted by molar-refractivity contribution is 0.416. The Balaban J connectivity index is 1.60. The highest BCUT2D eigenvalue weighted by molar-refractivity contribution is 7.13. The van der Waals surface area contributed by atoms with E-state index in [1.165, 1.54) is 11.3 Å². The second kappa shape index (κ2) is 6.76. The lowest BCUT2D eigenvalue weighted by Gasteiger charge is -2.31. The lowest BCUT2D eigenvalue weighted by Crippen LogP contribution is -2.29. The predicted octanol–water partition coefficient (Wildman–Crippen LogP) is 4.35. The van der Waals surface area contributed by atoms with Crippen molar-refractivity contribution < 1.29 is 4.74 Å². The summed E-state index contributed by atoms with van der Waals surface area (Å²) in [5, 5.41) is 3.14. The summed E-state index contributed by atoms with van der Waals surface area (Å²) in [5.41, 5.74) is 11.7. The molecule has 25 heavy (non-hydrogen) atoms. The van der Waals surface area contributed by atoms with Gasteiger partial charge < -0.3 is 15.4 Å². The quantitative estimate of drug-likeness (QED) is 0.710. The first-order chi connectivity index (χ1) is 12.3. The summed E-state index contributed by atoms with van der Waals surface area (Å²) in [6.07, 6.45) is 2.19. The van der Waals surface area contributed by atoms with E-state index in [0.29, 0.717) is 0 Å². The van der Waals surface area contributed by atoms with Gasteiger partial charge in [-0.15, -0.1) is 11.3 Å². The molecule has 5 heteroatoms. The predicted molar refractivity (Wildman–Crippen MR) is 104 cm³/mol. The van der Waals surface area contributed by atoms with Crippen LogP contribution in [-0.2, 0) is 13.0 Å². The zero-order valence-electron chi connectivity index (χ0n) is 14.2. The van der Waals surface area contributed by atoms with Crippen LogP contribution >= 0.6 is 11.3 Å². The highest BCUT2D eigenvalue weighted by Gasteiger charge is 2.20. The minimum atomic E-state index is 0.808. The number of thiazole rings is 1. The summed E-state index contributed by atoms with van der Waals surface area (Å²) < 4.78 is 5.46. The molecule has 0 unspecified atom stereocenters. The van der Waals surface area contributed by atoms with Crippen LogP contribution in [0.15, 0.2) is 47.8 Å². The number of fused-ring (bicyclic) bond motifs is 1. The minimum Gasteiger partial charge on any atom is -0.496 e. The first kappa shape index (κ1) is 16.0. The van der Waals surface area contributed by atoms with Gasteiger partial charge in [0.1, 0.15) is 10.8 Å². The van der Waals surface area contributed by atoms with Crippen molar-refractivity contribution in [1.82, 2.24) is 4.98 Å². The third kappa shape index (κ3) is 3.07. The number of methoxy groups -OCH3 is 1. The summed E-state index contributed by atoms with van der Waals surface area (Å²) in [4.78, 5) is 7.23. The third-order valence-corrected chi connectivity index (χ3v) is 5.55. The van der Waals surface area contributed by atoms with E-state index in [2.05, 4.69) is 22.4 Å². The average molecular weight is 351 g/mol. The van der Waals surface area contributed by atoms with Gasteiger partial charge in [-0.05, 0) is 42.7 Å². The molecule has 0 aliphatic carbocycles. The fraction of sp³-hybridized carbons (Fsp3) is 0.250. The van der Waals surface area contributed by atoms with Gasteiger partial charge in [-0.2, -0.15) is 0 Å². The van der Waals surface area contributed by atoms with Gasteiger partial charge in [0, 0.05) is 23.3 Å². The number of rotatable bonds is 4. The summed E-state index contributed by atoms with van der Waals surface area (Å²) >= 11 is 1.66. The van der Waals surface area contributed by atoms with Crippen molar-refractivity contribution in [3.05, 3.63) is 59.1 Å². The maximum Gasteiger partial charge on any atom is 0.129 e. The van der Waals surface area contributed by atoms with Crippen molar-refractivity contribution in [3.63, 3.8) is 0 Å². The van der Waals surface area contributed by atoms with Gasteiger partial charge in [0.2, 0.25) is 0 Å². The Bertz CT molecular complexity index is 890. The molecule has 2 aromatic carbocycles. The number of hydrogen-bond donors (Lipinski definition) is 1. The zero-order valence-corrected chi connectivity index (χ0v) is 15.1. The third-order valence-electron chi connectivity index (χ3n) is 4.63. The van der Waals surface area contributed by atoms with Crippen LogP contribution < -0.4 is 15.4 Å². The monoisotopic (exact) mass is 351 g/mol. The van der Waals surface area contributed by atoms with E-state index in [-0.39, 0.29) is 0 Å². The Kier molecular flexibility index (Phi) is 4.32. The smallest absolute Gasteiger partial charge is 0.129 e. The van der Waals surface area contributed by atoms with Gasteiger partial charge in [0.25, 0.3) is 0 Å². The molecule has 0 spiro atoms. The normalized spacial score (nSPS) is 13.6. The van der Waals surface area contributed by atoms with Crippen LogP contribution in [-0.4, -0.2) is 18.6 Å². The van der Waals surface area contributed by atoms with Gasteiger partial charge in [-0.3, -0.25) is 0 Å². The largest absolute Gasteiger partial charge is 0.496 e. The fourth-order valence-electron chi connectivity index (χ4n) is 3.41. The number of nitrogens with two attached hydrogens (primary N) is 1. The number of para-hydroxylation sites is 1. The molecule has 3 aromatic rings. The molecule has 1 aliphatic rings. The van der Waals surface area contributed by atoms with Gasteiger partial charge in [0.15, 0.2) is 0 Å². The highest BCUT2D eigenvalue weighted by Crippen LogP contribution is 2.34. The van der Waals surface area contributed by atoms with Crippen LogP contribution in [0.3, 0.4) is 0 Å². The van der Waals surface area contributed by atoms with E-state index < -0.39 is 0 Å². The minimum absolute atomic E-state index is 0.808. The van der Waals surface area contributed by atoms with Crippen molar-refractivity contribution >= 4 is 22.7 Å². The van der Waals surface area contributed by atoms with Crippen molar-refractivity contribution in [2.75, 3.05) is 24.3 Å². The molecule has 0 amide bonds. The standard InChI is InChI=1S/C20H21N3OS/c1-24-19-10-3-2-6-16(19)20-22-14(13-25-20)12-23-11-5-7-15-17(21)8-4-9-18(15)23/h2-4,6,8-10,13H,5,7,11-12,21H2,1H3. The number of hydrogen-bond acceptors (Lipinski definition) is 5. The molecule has 1 aromatic heterocycles. The molecule has 0 bridgehead atoms. The van der Waals surface area contributed by atoms with Crippen LogP contribution in [0.4, 0.5) is 11.4 Å². The Hall–Kier alpha value is -2.53. The van der Waals surface area contributed by atoms with E-state index in [1.807, 2.05) is 30.3 Å². The molecule has 128 valence electrons. The van der Waals surface area contributed by atoms with Crippen LogP contribution in [0.2, 0.25) is 0 Å². The first-order valence-corrected chi connectivity index (χ1v) is 9.34. The summed E-state index contributed by atoms with van der Waals surface area (Å²) in [5.74, 6) is 0.861. The topological polar surface area (TPSA) is 51.4 Å². The van der Waals surface area contributed by atoms with Crippen molar-refractivity contribution in [2.45, 2.75) is 19.4 Å². The Morgan fingerprint density at radius 1 is 1.20 bits per heavy atom. The van der Waals surface area contributed by atoms with Gasteiger partial charge in [-0.1, -0.05) is 18.2 Å². The van der Waals surface area contributed by atoms with Crippen LogP contribution in [0.1, 0.15) is 17.7 Å². The number of nitrogens with zero attached hydrogens (tertiary/aromatic N) is 2.